The number of benzene rings is 1. The Morgan fingerprint density at radius 1 is 1.42 bits per heavy atom. The van der Waals surface area contributed by atoms with Gasteiger partial charge in [-0.15, -0.1) is 0 Å². The average Bonchev–Trinajstić information content (AvgIpc) is 3.18. The van der Waals surface area contributed by atoms with Crippen molar-refractivity contribution in [1.29, 1.82) is 0 Å². The van der Waals surface area contributed by atoms with E-state index in [0.717, 1.165) is 41.7 Å². The van der Waals surface area contributed by atoms with Crippen molar-refractivity contribution in [3.8, 4) is 5.75 Å². The number of aryl methyl sites for hydroxylation is 1. The van der Waals surface area contributed by atoms with E-state index in [1.807, 2.05) is 12.1 Å². The van der Waals surface area contributed by atoms with E-state index in [2.05, 4.69) is 20.8 Å². The van der Waals surface area contributed by atoms with Gasteiger partial charge in [0.1, 0.15) is 5.75 Å². The molecule has 0 atom stereocenters. The van der Waals surface area contributed by atoms with E-state index in [4.69, 9.17) is 4.74 Å². The highest BCUT2D eigenvalue weighted by molar-refractivity contribution is 5.85. The molecule has 1 N–H and O–H groups in total. The van der Waals surface area contributed by atoms with Crippen LogP contribution in [0.2, 0.25) is 0 Å². The highest BCUT2D eigenvalue weighted by atomic mass is 16.5. The molecule has 1 aliphatic carbocycles. The number of aliphatic carboxylic acids is 1. The van der Waals surface area contributed by atoms with Gasteiger partial charge in [-0.25, -0.2) is 0 Å². The Morgan fingerprint density at radius 2 is 2.05 bits per heavy atom. The number of ether oxygens (including phenoxy) is 1. The number of carboxylic acids is 1. The Balaban J connectivity index is 2.59. The molecule has 104 valence electrons. The molecule has 1 aromatic rings. The Morgan fingerprint density at radius 3 is 2.42 bits per heavy atom. The van der Waals surface area contributed by atoms with Crippen molar-refractivity contribution in [3.05, 3.63) is 28.8 Å². The minimum Gasteiger partial charge on any atom is -0.496 e. The molecule has 0 amide bonds. The number of hydrogen-bond donors (Lipinski definition) is 1. The molecular weight excluding hydrogens is 240 g/mol. The summed E-state index contributed by atoms with van der Waals surface area (Å²) in [6.45, 7) is 6.30. The minimum absolute atomic E-state index is 0.324. The molecule has 0 spiro atoms. The van der Waals surface area contributed by atoms with Crippen LogP contribution in [0.15, 0.2) is 12.1 Å². The third-order valence-electron chi connectivity index (χ3n) is 4.11. The molecule has 1 fully saturated rings. The lowest BCUT2D eigenvalue weighted by Crippen LogP contribution is -2.20. The first-order valence-corrected chi connectivity index (χ1v) is 6.91. The van der Waals surface area contributed by atoms with Crippen LogP contribution in [0.4, 0.5) is 0 Å². The molecule has 2 rings (SSSR count). The van der Waals surface area contributed by atoms with Gasteiger partial charge in [0, 0.05) is 0 Å². The third kappa shape index (κ3) is 2.22. The Hall–Kier alpha value is -1.51. The van der Waals surface area contributed by atoms with Crippen molar-refractivity contribution < 1.29 is 14.6 Å². The molecule has 1 saturated carbocycles. The van der Waals surface area contributed by atoms with Gasteiger partial charge in [0.15, 0.2) is 0 Å². The zero-order valence-corrected chi connectivity index (χ0v) is 12.1. The highest BCUT2D eigenvalue weighted by Crippen LogP contribution is 2.50. The minimum atomic E-state index is -0.700. The second kappa shape index (κ2) is 4.87. The number of carbonyl (C=O) groups is 1. The molecule has 1 aliphatic rings. The van der Waals surface area contributed by atoms with Crippen LogP contribution in [0.5, 0.6) is 5.75 Å². The Kier molecular flexibility index (Phi) is 3.57. The van der Waals surface area contributed by atoms with Crippen molar-refractivity contribution in [2.45, 2.75) is 51.4 Å². The van der Waals surface area contributed by atoms with Gasteiger partial charge in [0.2, 0.25) is 0 Å². The molecule has 1 aromatic carbocycles. The van der Waals surface area contributed by atoms with Crippen molar-refractivity contribution in [3.63, 3.8) is 0 Å². The van der Waals surface area contributed by atoms with Gasteiger partial charge < -0.3 is 9.84 Å². The first-order chi connectivity index (χ1) is 8.96. The lowest BCUT2D eigenvalue weighted by Gasteiger charge is -2.20. The highest BCUT2D eigenvalue weighted by Gasteiger charge is 2.52. The smallest absolute Gasteiger partial charge is 0.314 e. The lowest BCUT2D eigenvalue weighted by atomic mass is 9.88. The van der Waals surface area contributed by atoms with Crippen molar-refractivity contribution in [2.75, 3.05) is 7.11 Å². The van der Waals surface area contributed by atoms with Gasteiger partial charge in [0.25, 0.3) is 0 Å². The Labute approximate surface area is 114 Å². The SMILES string of the molecule is CCc1cc(C2(C(=O)O)CC2)cc(C(C)C)c1OC. The summed E-state index contributed by atoms with van der Waals surface area (Å²) >= 11 is 0. The second-order valence-corrected chi connectivity index (χ2v) is 5.65. The molecule has 0 unspecified atom stereocenters. The van der Waals surface area contributed by atoms with Crippen molar-refractivity contribution >= 4 is 5.97 Å². The zero-order chi connectivity index (χ0) is 14.2. The number of hydrogen-bond acceptors (Lipinski definition) is 2. The van der Waals surface area contributed by atoms with Crippen LogP contribution >= 0.6 is 0 Å². The molecule has 0 saturated heterocycles. The van der Waals surface area contributed by atoms with Crippen LogP contribution in [-0.2, 0) is 16.6 Å². The summed E-state index contributed by atoms with van der Waals surface area (Å²) in [6.07, 6.45) is 2.34. The molecule has 3 nitrogen and oxygen atoms in total. The average molecular weight is 262 g/mol. The monoisotopic (exact) mass is 262 g/mol. The summed E-state index contributed by atoms with van der Waals surface area (Å²) in [7, 11) is 1.68. The van der Waals surface area contributed by atoms with Gasteiger partial charge in [-0.1, -0.05) is 32.9 Å². The molecule has 0 heterocycles. The predicted octanol–water partition coefficient (Wildman–Crippen LogP) is 3.50. The second-order valence-electron chi connectivity index (χ2n) is 5.65. The first-order valence-electron chi connectivity index (χ1n) is 6.91. The number of methoxy groups -OCH3 is 1. The van der Waals surface area contributed by atoms with Gasteiger partial charge >= 0.3 is 5.97 Å². The largest absolute Gasteiger partial charge is 0.496 e. The fourth-order valence-electron chi connectivity index (χ4n) is 2.68. The van der Waals surface area contributed by atoms with Gasteiger partial charge in [0.05, 0.1) is 12.5 Å². The standard InChI is InChI=1S/C16H22O3/c1-5-11-8-12(16(6-7-16)15(17)18)9-13(10(2)3)14(11)19-4/h8-10H,5-7H2,1-4H3,(H,17,18). The van der Waals surface area contributed by atoms with E-state index in [9.17, 15) is 9.90 Å². The van der Waals surface area contributed by atoms with Crippen LogP contribution < -0.4 is 4.74 Å². The molecule has 3 heteroatoms. The topological polar surface area (TPSA) is 46.5 Å². The molecule has 0 radical (unpaired) electrons. The summed E-state index contributed by atoms with van der Waals surface area (Å²) in [5.74, 6) is 0.543. The van der Waals surface area contributed by atoms with E-state index in [1.165, 1.54) is 0 Å². The van der Waals surface area contributed by atoms with Gasteiger partial charge in [-0.05, 0) is 41.9 Å². The summed E-state index contributed by atoms with van der Waals surface area (Å²) in [5, 5.41) is 9.45. The van der Waals surface area contributed by atoms with Crippen molar-refractivity contribution in [1.82, 2.24) is 0 Å². The van der Waals surface area contributed by atoms with Crippen LogP contribution in [0.1, 0.15) is 56.2 Å². The van der Waals surface area contributed by atoms with Crippen LogP contribution in [0.3, 0.4) is 0 Å². The summed E-state index contributed by atoms with van der Waals surface area (Å²) < 4.78 is 5.53. The van der Waals surface area contributed by atoms with Crippen LogP contribution in [0.25, 0.3) is 0 Å². The fraction of sp³-hybridized carbons (Fsp3) is 0.562. The third-order valence-corrected chi connectivity index (χ3v) is 4.11. The normalized spacial score (nSPS) is 16.5. The van der Waals surface area contributed by atoms with Gasteiger partial charge in [-0.3, -0.25) is 4.79 Å². The molecule has 19 heavy (non-hydrogen) atoms. The Bertz CT molecular complexity index is 499. The maximum Gasteiger partial charge on any atom is 0.314 e. The molecule has 0 aliphatic heterocycles. The summed E-state index contributed by atoms with van der Waals surface area (Å²) in [5.41, 5.74) is 2.53. The van der Waals surface area contributed by atoms with E-state index in [1.54, 1.807) is 7.11 Å². The number of rotatable bonds is 5. The first kappa shape index (κ1) is 13.9. The lowest BCUT2D eigenvalue weighted by molar-refractivity contribution is -0.140. The summed E-state index contributed by atoms with van der Waals surface area (Å²) in [4.78, 5) is 11.5. The van der Waals surface area contributed by atoms with E-state index in [-0.39, 0.29) is 0 Å². The zero-order valence-electron chi connectivity index (χ0n) is 12.1. The molecule has 0 bridgehead atoms. The van der Waals surface area contributed by atoms with Gasteiger partial charge in [-0.2, -0.15) is 0 Å². The maximum atomic E-state index is 11.5. The van der Waals surface area contributed by atoms with E-state index >= 15 is 0 Å². The molecular formula is C16H22O3. The maximum absolute atomic E-state index is 11.5. The fourth-order valence-corrected chi connectivity index (χ4v) is 2.68. The number of carboxylic acid groups (broad SMARTS) is 1. The van der Waals surface area contributed by atoms with Crippen LogP contribution in [0, 0.1) is 0 Å². The van der Waals surface area contributed by atoms with Crippen LogP contribution in [-0.4, -0.2) is 18.2 Å². The van der Waals surface area contributed by atoms with Crippen molar-refractivity contribution in [2.24, 2.45) is 0 Å². The summed E-state index contributed by atoms with van der Waals surface area (Å²) in [6, 6.07) is 4.05. The molecule has 0 aromatic heterocycles. The van der Waals surface area contributed by atoms with E-state index in [0.29, 0.717) is 5.92 Å². The van der Waals surface area contributed by atoms with E-state index < -0.39 is 11.4 Å². The predicted molar refractivity (Wildman–Crippen MR) is 75.0 cm³/mol. The quantitative estimate of drug-likeness (QED) is 0.883.